The van der Waals surface area contributed by atoms with Crippen molar-refractivity contribution in [2.24, 2.45) is 0 Å². The fraction of sp³-hybridized carbons (Fsp3) is 0.364. The molecular weight excluding hydrogens is 436 g/mol. The zero-order valence-electron chi connectivity index (χ0n) is 18.3. The molecule has 0 radical (unpaired) electrons. The average molecular weight is 463 g/mol. The largest absolute Gasteiger partial charge is 0.465 e. The first-order valence-corrected chi connectivity index (χ1v) is 11.4. The van der Waals surface area contributed by atoms with Gasteiger partial charge in [0.15, 0.2) is 0 Å². The summed E-state index contributed by atoms with van der Waals surface area (Å²) in [6, 6.07) is 6.06. The third kappa shape index (κ3) is 4.77. The molecule has 3 rings (SSSR count). The van der Waals surface area contributed by atoms with Crippen LogP contribution in [-0.2, 0) is 33.8 Å². The monoisotopic (exact) mass is 462 g/mol. The molecule has 10 heteroatoms. The first kappa shape index (κ1) is 23.7. The maximum Gasteiger partial charge on any atom is 0.355 e. The lowest BCUT2D eigenvalue weighted by Crippen LogP contribution is -2.48. The fourth-order valence-corrected chi connectivity index (χ4v) is 5.21. The Morgan fingerprint density at radius 2 is 1.56 bits per heavy atom. The van der Waals surface area contributed by atoms with Gasteiger partial charge in [0.2, 0.25) is 10.0 Å². The van der Waals surface area contributed by atoms with E-state index in [0.29, 0.717) is 5.69 Å². The van der Waals surface area contributed by atoms with E-state index in [1.165, 1.54) is 41.6 Å². The third-order valence-electron chi connectivity index (χ3n) is 5.03. The highest BCUT2D eigenvalue weighted by Gasteiger charge is 2.33. The minimum Gasteiger partial charge on any atom is -0.465 e. The Bertz CT molecular complexity index is 1060. The summed E-state index contributed by atoms with van der Waals surface area (Å²) in [7, 11) is -1.29. The number of methoxy groups -OCH3 is 2. The number of anilines is 1. The van der Waals surface area contributed by atoms with Crippen molar-refractivity contribution >= 4 is 27.6 Å². The van der Waals surface area contributed by atoms with Crippen molar-refractivity contribution in [3.05, 3.63) is 60.0 Å². The number of carbonyl (C=O) groups is 2. The molecule has 2 aliphatic heterocycles. The number of sulfonamides is 1. The summed E-state index contributed by atoms with van der Waals surface area (Å²) in [6.07, 6.45) is 5.86. The number of hydrogen-bond acceptors (Lipinski definition) is 8. The quantitative estimate of drug-likeness (QED) is 0.612. The molecule has 0 N–H and O–H groups in total. The number of rotatable bonds is 5. The SMILES string of the molecule is COC(=O)C1=C(C(=O)OC)N(c2ccc(S(=O)(=O)N3CC(C)OC(C)C3)cc2)C=CC=C1. The number of allylic oxidation sites excluding steroid dienone is 2. The van der Waals surface area contributed by atoms with Gasteiger partial charge in [-0.25, -0.2) is 18.0 Å². The molecule has 0 aromatic heterocycles. The highest BCUT2D eigenvalue weighted by molar-refractivity contribution is 7.89. The Kier molecular flexibility index (Phi) is 7.17. The number of ether oxygens (including phenoxy) is 3. The van der Waals surface area contributed by atoms with Crippen molar-refractivity contribution in [2.75, 3.05) is 32.2 Å². The molecule has 2 heterocycles. The predicted octanol–water partition coefficient (Wildman–Crippen LogP) is 1.97. The molecule has 2 atom stereocenters. The average Bonchev–Trinajstić information content (AvgIpc) is 3.00. The second kappa shape index (κ2) is 9.68. The zero-order valence-corrected chi connectivity index (χ0v) is 19.2. The lowest BCUT2D eigenvalue weighted by molar-refractivity contribution is -0.139. The highest BCUT2D eigenvalue weighted by Crippen LogP contribution is 2.28. The lowest BCUT2D eigenvalue weighted by Gasteiger charge is -2.34. The van der Waals surface area contributed by atoms with Gasteiger partial charge in [-0.1, -0.05) is 6.08 Å². The van der Waals surface area contributed by atoms with Crippen LogP contribution in [-0.4, -0.2) is 64.2 Å². The molecule has 1 aromatic rings. The van der Waals surface area contributed by atoms with Crippen molar-refractivity contribution in [2.45, 2.75) is 31.0 Å². The number of esters is 2. The molecule has 32 heavy (non-hydrogen) atoms. The molecule has 2 unspecified atom stereocenters. The zero-order chi connectivity index (χ0) is 23.5. The molecule has 9 nitrogen and oxygen atoms in total. The van der Waals surface area contributed by atoms with E-state index in [4.69, 9.17) is 14.2 Å². The van der Waals surface area contributed by atoms with Crippen LogP contribution in [0.3, 0.4) is 0 Å². The molecule has 0 spiro atoms. The van der Waals surface area contributed by atoms with Crippen LogP contribution in [0.15, 0.2) is 64.9 Å². The van der Waals surface area contributed by atoms with Gasteiger partial charge in [0.25, 0.3) is 0 Å². The molecule has 172 valence electrons. The minimum atomic E-state index is -3.72. The second-order valence-electron chi connectivity index (χ2n) is 7.39. The summed E-state index contributed by atoms with van der Waals surface area (Å²) in [5.74, 6) is -1.44. The highest BCUT2D eigenvalue weighted by atomic mass is 32.2. The van der Waals surface area contributed by atoms with Crippen molar-refractivity contribution < 1.29 is 32.2 Å². The van der Waals surface area contributed by atoms with E-state index in [1.807, 2.05) is 13.8 Å². The predicted molar refractivity (Wildman–Crippen MR) is 117 cm³/mol. The van der Waals surface area contributed by atoms with Gasteiger partial charge in [-0.05, 0) is 50.3 Å². The van der Waals surface area contributed by atoms with Gasteiger partial charge >= 0.3 is 11.9 Å². The molecular formula is C22H26N2O7S. The van der Waals surface area contributed by atoms with E-state index in [-0.39, 0.29) is 41.5 Å². The Balaban J connectivity index is 1.98. The van der Waals surface area contributed by atoms with E-state index in [0.717, 1.165) is 0 Å². The molecule has 0 amide bonds. The Morgan fingerprint density at radius 3 is 2.12 bits per heavy atom. The Hall–Kier alpha value is -2.95. The summed E-state index contributed by atoms with van der Waals surface area (Å²) >= 11 is 0. The van der Waals surface area contributed by atoms with E-state index in [9.17, 15) is 18.0 Å². The summed E-state index contributed by atoms with van der Waals surface area (Å²) in [5.41, 5.74) is 0.433. The van der Waals surface area contributed by atoms with Crippen LogP contribution in [0.5, 0.6) is 0 Å². The molecule has 0 bridgehead atoms. The molecule has 1 fully saturated rings. The van der Waals surface area contributed by atoms with Gasteiger partial charge < -0.3 is 19.1 Å². The number of morpholine rings is 1. The fourth-order valence-electron chi connectivity index (χ4n) is 3.62. The first-order chi connectivity index (χ1) is 15.2. The molecule has 0 aliphatic carbocycles. The Morgan fingerprint density at radius 1 is 0.969 bits per heavy atom. The summed E-state index contributed by atoms with van der Waals surface area (Å²) in [6.45, 7) is 4.21. The van der Waals surface area contributed by atoms with Crippen molar-refractivity contribution in [1.82, 2.24) is 4.31 Å². The van der Waals surface area contributed by atoms with Crippen LogP contribution in [0.25, 0.3) is 0 Å². The van der Waals surface area contributed by atoms with Gasteiger partial charge in [-0.2, -0.15) is 4.31 Å². The van der Waals surface area contributed by atoms with Gasteiger partial charge in [0.05, 0.1) is 36.9 Å². The van der Waals surface area contributed by atoms with Crippen molar-refractivity contribution in [3.63, 3.8) is 0 Å². The molecule has 2 aliphatic rings. The van der Waals surface area contributed by atoms with Gasteiger partial charge in [-0.15, -0.1) is 0 Å². The van der Waals surface area contributed by atoms with Crippen LogP contribution < -0.4 is 4.90 Å². The molecule has 0 saturated carbocycles. The topological polar surface area (TPSA) is 102 Å². The van der Waals surface area contributed by atoms with Gasteiger partial charge in [-0.3, -0.25) is 0 Å². The van der Waals surface area contributed by atoms with Gasteiger partial charge in [0.1, 0.15) is 5.70 Å². The number of hydrogen-bond donors (Lipinski definition) is 0. The van der Waals surface area contributed by atoms with Crippen LogP contribution in [0, 0.1) is 0 Å². The van der Waals surface area contributed by atoms with Crippen molar-refractivity contribution in [1.29, 1.82) is 0 Å². The number of benzene rings is 1. The van der Waals surface area contributed by atoms with Crippen LogP contribution in [0.2, 0.25) is 0 Å². The van der Waals surface area contributed by atoms with E-state index >= 15 is 0 Å². The smallest absolute Gasteiger partial charge is 0.355 e. The Labute approximate surface area is 187 Å². The maximum atomic E-state index is 13.1. The first-order valence-electron chi connectivity index (χ1n) is 9.99. The molecule has 1 saturated heterocycles. The number of nitrogens with zero attached hydrogens (tertiary/aromatic N) is 2. The maximum absolute atomic E-state index is 13.1. The van der Waals surface area contributed by atoms with E-state index in [2.05, 4.69) is 0 Å². The van der Waals surface area contributed by atoms with E-state index < -0.39 is 22.0 Å². The summed E-state index contributed by atoms with van der Waals surface area (Å²) in [5, 5.41) is 0. The normalized spacial score (nSPS) is 21.9. The summed E-state index contributed by atoms with van der Waals surface area (Å²) < 4.78 is 42.9. The standard InChI is InChI=1S/C22H26N2O7S/c1-15-13-23(14-16(2)31-15)32(27,28)18-10-8-17(9-11-18)24-12-6-5-7-19(21(25)29-3)20(24)22(26)30-4/h5-12,15-16H,13-14H2,1-4H3. The number of carbonyl (C=O) groups excluding carboxylic acids is 2. The van der Waals surface area contributed by atoms with Gasteiger partial charge in [0, 0.05) is 25.0 Å². The molecule has 1 aromatic carbocycles. The van der Waals surface area contributed by atoms with Crippen LogP contribution >= 0.6 is 0 Å². The van der Waals surface area contributed by atoms with Crippen LogP contribution in [0.1, 0.15) is 13.8 Å². The van der Waals surface area contributed by atoms with Crippen LogP contribution in [0.4, 0.5) is 5.69 Å². The van der Waals surface area contributed by atoms with E-state index in [1.54, 1.807) is 30.5 Å². The van der Waals surface area contributed by atoms with Crippen molar-refractivity contribution in [3.8, 4) is 0 Å². The lowest BCUT2D eigenvalue weighted by atomic mass is 10.1. The minimum absolute atomic E-state index is 0.0114. The third-order valence-corrected chi connectivity index (χ3v) is 6.87. The summed E-state index contributed by atoms with van der Waals surface area (Å²) in [4.78, 5) is 26.3. The second-order valence-corrected chi connectivity index (χ2v) is 9.33.